The van der Waals surface area contributed by atoms with Gasteiger partial charge in [-0.3, -0.25) is 0 Å². The number of pyridine rings is 1. The van der Waals surface area contributed by atoms with Crippen molar-refractivity contribution in [3.63, 3.8) is 0 Å². The normalized spacial score (nSPS) is 14.6. The number of imidazole rings is 1. The molecule has 0 spiro atoms. The second-order valence-electron chi connectivity index (χ2n) is 7.27. The summed E-state index contributed by atoms with van der Waals surface area (Å²) in [6.45, 7) is 4.80. The second kappa shape index (κ2) is 5.91. The molecule has 0 saturated carbocycles. The highest BCUT2D eigenvalue weighted by atomic mass is 16.5. The van der Waals surface area contributed by atoms with Gasteiger partial charge in [0.1, 0.15) is 11.5 Å². The van der Waals surface area contributed by atoms with Gasteiger partial charge in [-0.05, 0) is 24.3 Å². The summed E-state index contributed by atoms with van der Waals surface area (Å²) in [5.74, 6) is 1.48. The average Bonchev–Trinajstić information content (AvgIpc) is 3.19. The van der Waals surface area contributed by atoms with Crippen LogP contribution in [0.1, 0.15) is 19.4 Å². The smallest absolute Gasteiger partial charge is 0.332 e. The number of fused-ring (bicyclic) bond motifs is 2. The summed E-state index contributed by atoms with van der Waals surface area (Å²) in [4.78, 5) is 27.8. The van der Waals surface area contributed by atoms with Crippen LogP contribution in [0.5, 0.6) is 17.5 Å². The van der Waals surface area contributed by atoms with Gasteiger partial charge in [0.2, 0.25) is 0 Å². The van der Waals surface area contributed by atoms with Gasteiger partial charge < -0.3 is 14.5 Å². The fourth-order valence-corrected chi connectivity index (χ4v) is 3.47. The lowest BCUT2D eigenvalue weighted by atomic mass is 9.86. The van der Waals surface area contributed by atoms with E-state index in [0.29, 0.717) is 29.2 Å². The van der Waals surface area contributed by atoms with Crippen LogP contribution in [0.3, 0.4) is 0 Å². The molecule has 1 aliphatic rings. The third-order valence-electron chi connectivity index (χ3n) is 4.77. The van der Waals surface area contributed by atoms with Gasteiger partial charge in [-0.25, -0.2) is 24.3 Å². The van der Waals surface area contributed by atoms with E-state index in [1.165, 1.54) is 17.0 Å². The molecule has 4 aromatic rings. The molecule has 1 aliphatic heterocycles. The van der Waals surface area contributed by atoms with Crippen LogP contribution in [0.25, 0.3) is 16.9 Å². The number of nitrogens with one attached hydrogen (secondary N) is 1. The van der Waals surface area contributed by atoms with Gasteiger partial charge >= 0.3 is 11.7 Å². The molecule has 1 N–H and O–H groups in total. The topological polar surface area (TPSA) is 94.9 Å². The minimum absolute atomic E-state index is 0.158. The number of hydrogen-bond donors (Lipinski definition) is 1. The summed E-state index contributed by atoms with van der Waals surface area (Å²) in [6, 6.07) is 9.43. The number of hydrogen-bond acceptors (Lipinski definition) is 6. The first-order valence-corrected chi connectivity index (χ1v) is 8.85. The predicted molar refractivity (Wildman–Crippen MR) is 102 cm³/mol. The van der Waals surface area contributed by atoms with Gasteiger partial charge in [-0.2, -0.15) is 0 Å². The molecule has 140 valence electrons. The van der Waals surface area contributed by atoms with Crippen molar-refractivity contribution >= 4 is 11.2 Å². The van der Waals surface area contributed by atoms with Gasteiger partial charge in [0.05, 0.1) is 30.2 Å². The Bertz CT molecular complexity index is 1240. The van der Waals surface area contributed by atoms with Crippen molar-refractivity contribution in [1.29, 1.82) is 0 Å². The van der Waals surface area contributed by atoms with E-state index in [9.17, 15) is 4.79 Å². The Morgan fingerprint density at radius 3 is 2.79 bits per heavy atom. The summed E-state index contributed by atoms with van der Waals surface area (Å²) >= 11 is 0. The SMILES string of the molecule is CC1(C)COc2cccc(Oc3ncc(-n4c(=O)[nH]c5cccnc54)cn3)c21. The molecule has 0 saturated heterocycles. The molecule has 4 heterocycles. The molecule has 0 fully saturated rings. The van der Waals surface area contributed by atoms with Gasteiger partial charge in [-0.15, -0.1) is 0 Å². The highest BCUT2D eigenvalue weighted by Crippen LogP contribution is 2.44. The van der Waals surface area contributed by atoms with Crippen molar-refractivity contribution in [3.05, 3.63) is 65.0 Å². The van der Waals surface area contributed by atoms with E-state index >= 15 is 0 Å². The first-order chi connectivity index (χ1) is 13.5. The standard InChI is InChI=1S/C20H17N5O3/c1-20(2)11-27-14-6-3-7-15(16(14)20)28-18-22-9-12(10-23-18)25-17-13(24-19(25)26)5-4-8-21-17/h3-10H,11H2,1-2H3,(H,24,26). The number of H-pyrrole nitrogens is 1. The fraction of sp³-hybridized carbons (Fsp3) is 0.200. The van der Waals surface area contributed by atoms with Crippen molar-refractivity contribution in [2.24, 2.45) is 0 Å². The Kier molecular flexibility index (Phi) is 3.48. The first kappa shape index (κ1) is 16.5. The molecule has 0 atom stereocenters. The fourth-order valence-electron chi connectivity index (χ4n) is 3.47. The van der Waals surface area contributed by atoms with Crippen molar-refractivity contribution in [1.82, 2.24) is 24.5 Å². The van der Waals surface area contributed by atoms with Crippen LogP contribution >= 0.6 is 0 Å². The zero-order valence-corrected chi connectivity index (χ0v) is 15.3. The minimum Gasteiger partial charge on any atom is -0.492 e. The largest absolute Gasteiger partial charge is 0.492 e. The lowest BCUT2D eigenvalue weighted by Crippen LogP contribution is -2.19. The number of aromatic amines is 1. The number of rotatable bonds is 3. The van der Waals surface area contributed by atoms with Crippen LogP contribution in [0, 0.1) is 0 Å². The Balaban J connectivity index is 1.50. The van der Waals surface area contributed by atoms with Crippen molar-refractivity contribution in [3.8, 4) is 23.2 Å². The molecule has 5 rings (SSSR count). The molecule has 8 nitrogen and oxygen atoms in total. The van der Waals surface area contributed by atoms with E-state index in [2.05, 4.69) is 33.8 Å². The lowest BCUT2D eigenvalue weighted by Gasteiger charge is -2.18. The van der Waals surface area contributed by atoms with Crippen LogP contribution in [0.4, 0.5) is 0 Å². The van der Waals surface area contributed by atoms with E-state index in [1.54, 1.807) is 18.3 Å². The minimum atomic E-state index is -0.300. The van der Waals surface area contributed by atoms with E-state index in [1.807, 2.05) is 18.2 Å². The summed E-state index contributed by atoms with van der Waals surface area (Å²) in [6.07, 6.45) is 4.71. The molecular formula is C20H17N5O3. The average molecular weight is 375 g/mol. The first-order valence-electron chi connectivity index (χ1n) is 8.85. The van der Waals surface area contributed by atoms with E-state index < -0.39 is 0 Å². The van der Waals surface area contributed by atoms with E-state index in [4.69, 9.17) is 9.47 Å². The number of nitrogens with zero attached hydrogens (tertiary/aromatic N) is 4. The summed E-state index contributed by atoms with van der Waals surface area (Å²) in [5.41, 5.74) is 2.21. The molecule has 3 aromatic heterocycles. The molecular weight excluding hydrogens is 358 g/mol. The van der Waals surface area contributed by atoms with Crippen LogP contribution in [0.15, 0.2) is 53.7 Å². The molecule has 0 radical (unpaired) electrons. The lowest BCUT2D eigenvalue weighted by molar-refractivity contribution is 0.290. The van der Waals surface area contributed by atoms with Crippen LogP contribution in [-0.4, -0.2) is 31.1 Å². The summed E-state index contributed by atoms with van der Waals surface area (Å²) in [7, 11) is 0. The monoisotopic (exact) mass is 375 g/mol. The zero-order valence-electron chi connectivity index (χ0n) is 15.3. The quantitative estimate of drug-likeness (QED) is 0.592. The van der Waals surface area contributed by atoms with Gasteiger partial charge in [0.15, 0.2) is 5.65 Å². The van der Waals surface area contributed by atoms with E-state index in [0.717, 1.165) is 11.3 Å². The Morgan fingerprint density at radius 1 is 1.14 bits per heavy atom. The third-order valence-corrected chi connectivity index (χ3v) is 4.77. The highest BCUT2D eigenvalue weighted by molar-refractivity contribution is 5.72. The predicted octanol–water partition coefficient (Wildman–Crippen LogP) is 2.97. The Hall–Kier alpha value is -3.68. The molecule has 0 unspecified atom stereocenters. The number of aromatic nitrogens is 5. The molecule has 0 bridgehead atoms. The maximum Gasteiger partial charge on any atom is 0.332 e. The number of benzene rings is 1. The Morgan fingerprint density at radius 2 is 1.96 bits per heavy atom. The molecule has 8 heteroatoms. The molecule has 28 heavy (non-hydrogen) atoms. The summed E-state index contributed by atoms with van der Waals surface area (Å²) in [5, 5.41) is 0. The maximum absolute atomic E-state index is 12.3. The van der Waals surface area contributed by atoms with Gasteiger partial charge in [0, 0.05) is 17.2 Å². The van der Waals surface area contributed by atoms with Gasteiger partial charge in [-0.1, -0.05) is 19.9 Å². The molecule has 1 aromatic carbocycles. The highest BCUT2D eigenvalue weighted by Gasteiger charge is 2.35. The summed E-state index contributed by atoms with van der Waals surface area (Å²) < 4.78 is 13.1. The molecule has 0 amide bonds. The van der Waals surface area contributed by atoms with Crippen LogP contribution in [0.2, 0.25) is 0 Å². The molecule has 0 aliphatic carbocycles. The van der Waals surface area contributed by atoms with Crippen LogP contribution in [-0.2, 0) is 5.41 Å². The van der Waals surface area contributed by atoms with E-state index in [-0.39, 0.29) is 17.1 Å². The van der Waals surface area contributed by atoms with Crippen molar-refractivity contribution in [2.45, 2.75) is 19.3 Å². The second-order valence-corrected chi connectivity index (χ2v) is 7.27. The number of ether oxygens (including phenoxy) is 2. The third kappa shape index (κ3) is 2.53. The van der Waals surface area contributed by atoms with Crippen molar-refractivity contribution in [2.75, 3.05) is 6.61 Å². The Labute approximate surface area is 159 Å². The van der Waals surface area contributed by atoms with Gasteiger partial charge in [0.25, 0.3) is 0 Å². The van der Waals surface area contributed by atoms with Crippen LogP contribution < -0.4 is 15.2 Å². The maximum atomic E-state index is 12.3. The van der Waals surface area contributed by atoms with Crippen molar-refractivity contribution < 1.29 is 9.47 Å². The zero-order chi connectivity index (χ0) is 19.3.